The fourth-order valence-electron chi connectivity index (χ4n) is 2.04. The molecule has 18 heavy (non-hydrogen) atoms. The zero-order valence-electron chi connectivity index (χ0n) is 10.3. The van der Waals surface area contributed by atoms with E-state index in [9.17, 15) is 0 Å². The second-order valence-electron chi connectivity index (χ2n) is 4.57. The molecule has 4 nitrogen and oxygen atoms in total. The number of benzene rings is 1. The third-order valence-electron chi connectivity index (χ3n) is 3.13. The number of hydrogen-bond acceptors (Lipinski definition) is 4. The van der Waals surface area contributed by atoms with E-state index in [0.29, 0.717) is 6.04 Å². The number of ether oxygens (including phenoxy) is 1. The number of fused-ring (bicyclic) bond motifs is 1. The molecule has 0 amide bonds. The van der Waals surface area contributed by atoms with Gasteiger partial charge in [-0.15, -0.1) is 0 Å². The highest BCUT2D eigenvalue weighted by molar-refractivity contribution is 6.29. The molecular weight excluding hydrogens is 250 g/mol. The highest BCUT2D eigenvalue weighted by Gasteiger charge is 2.23. The van der Waals surface area contributed by atoms with Crippen LogP contribution in [0, 0.1) is 6.92 Å². The Morgan fingerprint density at radius 1 is 1.33 bits per heavy atom. The highest BCUT2D eigenvalue weighted by atomic mass is 35.5. The predicted octanol–water partition coefficient (Wildman–Crippen LogP) is 3.17. The molecule has 1 saturated carbocycles. The van der Waals surface area contributed by atoms with Crippen molar-refractivity contribution >= 4 is 28.3 Å². The largest absolute Gasteiger partial charge is 0.494 e. The van der Waals surface area contributed by atoms with Crippen LogP contribution in [0.1, 0.15) is 18.4 Å². The second-order valence-corrected chi connectivity index (χ2v) is 4.91. The Bertz CT molecular complexity index is 611. The molecule has 0 saturated heterocycles. The number of methoxy groups -OCH3 is 1. The first-order valence-electron chi connectivity index (χ1n) is 5.96. The fraction of sp³-hybridized carbons (Fsp3) is 0.385. The first-order valence-corrected chi connectivity index (χ1v) is 6.34. The van der Waals surface area contributed by atoms with Crippen LogP contribution in [0.4, 0.5) is 5.82 Å². The van der Waals surface area contributed by atoms with Crippen LogP contribution >= 0.6 is 11.6 Å². The second kappa shape index (κ2) is 4.28. The summed E-state index contributed by atoms with van der Waals surface area (Å²) < 4.78 is 5.34. The maximum atomic E-state index is 5.99. The van der Waals surface area contributed by atoms with Gasteiger partial charge in [0.2, 0.25) is 5.28 Å². The number of rotatable bonds is 3. The third-order valence-corrected chi connectivity index (χ3v) is 3.30. The summed E-state index contributed by atoms with van der Waals surface area (Å²) in [5.41, 5.74) is 1.88. The summed E-state index contributed by atoms with van der Waals surface area (Å²) in [6.45, 7) is 2.04. The van der Waals surface area contributed by atoms with Gasteiger partial charge in [0.25, 0.3) is 0 Å². The normalized spacial score (nSPS) is 14.8. The molecule has 1 fully saturated rings. The smallest absolute Gasteiger partial charge is 0.225 e. The van der Waals surface area contributed by atoms with Gasteiger partial charge in [-0.25, -0.2) is 9.97 Å². The summed E-state index contributed by atoms with van der Waals surface area (Å²) in [6, 6.07) is 4.43. The lowest BCUT2D eigenvalue weighted by Gasteiger charge is -2.12. The topological polar surface area (TPSA) is 47.0 Å². The molecule has 1 aromatic carbocycles. The molecule has 2 aromatic rings. The lowest BCUT2D eigenvalue weighted by molar-refractivity contribution is 0.419. The molecular formula is C13H14ClN3O. The SMILES string of the molecule is COc1ccc(C)c2c(NC3CC3)nc(Cl)nc12. The number of nitrogens with zero attached hydrogens (tertiary/aromatic N) is 2. The van der Waals surface area contributed by atoms with E-state index in [0.717, 1.165) is 28.0 Å². The van der Waals surface area contributed by atoms with Gasteiger partial charge in [-0.1, -0.05) is 6.07 Å². The Morgan fingerprint density at radius 2 is 2.11 bits per heavy atom. The summed E-state index contributed by atoms with van der Waals surface area (Å²) in [5, 5.41) is 4.64. The average Bonchev–Trinajstić information content (AvgIpc) is 3.13. The lowest BCUT2D eigenvalue weighted by Crippen LogP contribution is -2.06. The fourth-order valence-corrected chi connectivity index (χ4v) is 2.21. The minimum atomic E-state index is 0.245. The molecule has 0 radical (unpaired) electrons. The van der Waals surface area contributed by atoms with Gasteiger partial charge >= 0.3 is 0 Å². The van der Waals surface area contributed by atoms with E-state index in [2.05, 4.69) is 15.3 Å². The number of aromatic nitrogens is 2. The molecule has 1 aromatic heterocycles. The molecule has 0 atom stereocenters. The van der Waals surface area contributed by atoms with Crippen molar-refractivity contribution in [1.29, 1.82) is 0 Å². The summed E-state index contributed by atoms with van der Waals surface area (Å²) >= 11 is 5.99. The zero-order chi connectivity index (χ0) is 12.7. The van der Waals surface area contributed by atoms with Crippen molar-refractivity contribution in [3.8, 4) is 5.75 Å². The van der Waals surface area contributed by atoms with Gasteiger partial charge < -0.3 is 10.1 Å². The lowest BCUT2D eigenvalue weighted by atomic mass is 10.1. The molecule has 94 valence electrons. The number of aryl methyl sites for hydroxylation is 1. The molecule has 1 aliphatic rings. The minimum absolute atomic E-state index is 0.245. The van der Waals surface area contributed by atoms with Gasteiger partial charge in [0, 0.05) is 11.4 Å². The molecule has 1 aliphatic carbocycles. The van der Waals surface area contributed by atoms with E-state index in [-0.39, 0.29) is 5.28 Å². The van der Waals surface area contributed by atoms with E-state index >= 15 is 0 Å². The van der Waals surface area contributed by atoms with Crippen molar-refractivity contribution < 1.29 is 4.74 Å². The van der Waals surface area contributed by atoms with Crippen LogP contribution in [0.2, 0.25) is 5.28 Å². The maximum absolute atomic E-state index is 5.99. The van der Waals surface area contributed by atoms with E-state index in [1.807, 2.05) is 19.1 Å². The van der Waals surface area contributed by atoms with Crippen LogP contribution in [-0.2, 0) is 0 Å². The molecule has 3 rings (SSSR count). The van der Waals surface area contributed by atoms with Gasteiger partial charge in [-0.05, 0) is 43.0 Å². The molecule has 0 aliphatic heterocycles. The number of hydrogen-bond donors (Lipinski definition) is 1. The quantitative estimate of drug-likeness (QED) is 0.864. The van der Waals surface area contributed by atoms with Gasteiger partial charge in [0.15, 0.2) is 0 Å². The van der Waals surface area contributed by atoms with Crippen molar-refractivity contribution in [2.24, 2.45) is 0 Å². The molecule has 0 spiro atoms. The van der Waals surface area contributed by atoms with Crippen molar-refractivity contribution in [2.45, 2.75) is 25.8 Å². The van der Waals surface area contributed by atoms with Crippen LogP contribution in [0.5, 0.6) is 5.75 Å². The Morgan fingerprint density at radius 3 is 2.78 bits per heavy atom. The predicted molar refractivity (Wildman–Crippen MR) is 72.5 cm³/mol. The number of anilines is 1. The minimum Gasteiger partial charge on any atom is -0.494 e. The van der Waals surface area contributed by atoms with Crippen molar-refractivity contribution in [1.82, 2.24) is 9.97 Å². The monoisotopic (exact) mass is 263 g/mol. The first-order chi connectivity index (χ1) is 8.69. The Labute approximate surface area is 110 Å². The zero-order valence-corrected chi connectivity index (χ0v) is 11.1. The Balaban J connectivity index is 2.26. The van der Waals surface area contributed by atoms with Crippen LogP contribution < -0.4 is 10.1 Å². The molecule has 1 heterocycles. The van der Waals surface area contributed by atoms with Crippen LogP contribution in [0.25, 0.3) is 10.9 Å². The summed E-state index contributed by atoms with van der Waals surface area (Å²) in [5.74, 6) is 1.53. The van der Waals surface area contributed by atoms with E-state index < -0.39 is 0 Å². The molecule has 5 heteroatoms. The van der Waals surface area contributed by atoms with E-state index in [1.165, 1.54) is 12.8 Å². The van der Waals surface area contributed by atoms with Crippen LogP contribution in [0.15, 0.2) is 12.1 Å². The highest BCUT2D eigenvalue weighted by Crippen LogP contribution is 2.34. The maximum Gasteiger partial charge on any atom is 0.225 e. The summed E-state index contributed by atoms with van der Waals surface area (Å²) in [6.07, 6.45) is 2.37. The van der Waals surface area contributed by atoms with Crippen molar-refractivity contribution in [3.05, 3.63) is 23.0 Å². The van der Waals surface area contributed by atoms with E-state index in [4.69, 9.17) is 16.3 Å². The van der Waals surface area contributed by atoms with E-state index in [1.54, 1.807) is 7.11 Å². The summed E-state index contributed by atoms with van der Waals surface area (Å²) in [4.78, 5) is 8.59. The van der Waals surface area contributed by atoms with Gasteiger partial charge in [-0.2, -0.15) is 0 Å². The summed E-state index contributed by atoms with van der Waals surface area (Å²) in [7, 11) is 1.63. The standard InChI is InChI=1S/C13H14ClN3O/c1-7-3-6-9(18-2)11-10(7)12(15-8-4-5-8)17-13(14)16-11/h3,6,8H,4-5H2,1-2H3,(H,15,16,17). The molecule has 1 N–H and O–H groups in total. The van der Waals surface area contributed by atoms with Crippen molar-refractivity contribution in [2.75, 3.05) is 12.4 Å². The molecule has 0 unspecified atom stereocenters. The van der Waals surface area contributed by atoms with Gasteiger partial charge in [0.05, 0.1) is 7.11 Å². The first kappa shape index (κ1) is 11.5. The van der Waals surface area contributed by atoms with Crippen molar-refractivity contribution in [3.63, 3.8) is 0 Å². The van der Waals surface area contributed by atoms with Gasteiger partial charge in [0.1, 0.15) is 17.1 Å². The average molecular weight is 264 g/mol. The Kier molecular flexibility index (Phi) is 2.74. The number of nitrogens with one attached hydrogen (secondary N) is 1. The van der Waals surface area contributed by atoms with Gasteiger partial charge in [-0.3, -0.25) is 0 Å². The number of halogens is 1. The Hall–Kier alpha value is -1.55. The van der Waals surface area contributed by atoms with Crippen LogP contribution in [0.3, 0.4) is 0 Å². The van der Waals surface area contributed by atoms with Crippen LogP contribution in [-0.4, -0.2) is 23.1 Å². The third kappa shape index (κ3) is 1.97. The molecule has 0 bridgehead atoms.